The second-order valence-corrected chi connectivity index (χ2v) is 5.24. The van der Waals surface area contributed by atoms with Crippen LogP contribution < -0.4 is 4.74 Å². The molecule has 0 saturated heterocycles. The normalized spacial score (nSPS) is 10.1. The Labute approximate surface area is 133 Å². The highest BCUT2D eigenvalue weighted by Crippen LogP contribution is 2.20. The second kappa shape index (κ2) is 8.47. The highest BCUT2D eigenvalue weighted by molar-refractivity contribution is 9.09. The maximum absolute atomic E-state index is 12.0. The topological polar surface area (TPSA) is 35.5 Å². The average molecular weight is 349 g/mol. The molecule has 0 N–H and O–H groups in total. The van der Waals surface area contributed by atoms with Crippen LogP contribution in [-0.4, -0.2) is 17.9 Å². The van der Waals surface area contributed by atoms with Crippen LogP contribution in [0.4, 0.5) is 0 Å². The molecule has 0 aliphatic rings. The average Bonchev–Trinajstić information content (AvgIpc) is 2.54. The zero-order valence-electron chi connectivity index (χ0n) is 11.6. The van der Waals surface area contributed by atoms with E-state index in [1.54, 1.807) is 18.2 Å². The first-order valence-electron chi connectivity index (χ1n) is 6.80. The largest absolute Gasteiger partial charge is 0.488 e. The van der Waals surface area contributed by atoms with Crippen molar-refractivity contribution in [3.63, 3.8) is 0 Å². The van der Waals surface area contributed by atoms with Gasteiger partial charge in [-0.25, -0.2) is 4.79 Å². The van der Waals surface area contributed by atoms with E-state index >= 15 is 0 Å². The smallest absolute Gasteiger partial charge is 0.341 e. The van der Waals surface area contributed by atoms with Gasteiger partial charge < -0.3 is 9.47 Å². The van der Waals surface area contributed by atoms with E-state index in [0.29, 0.717) is 24.5 Å². The predicted octanol–water partition coefficient (Wildman–Crippen LogP) is 4.21. The van der Waals surface area contributed by atoms with E-state index in [-0.39, 0.29) is 5.97 Å². The lowest BCUT2D eigenvalue weighted by atomic mass is 10.2. The number of alkyl halides is 1. The van der Waals surface area contributed by atoms with Gasteiger partial charge in [0.25, 0.3) is 0 Å². The summed E-state index contributed by atoms with van der Waals surface area (Å²) in [4.78, 5) is 12.0. The van der Waals surface area contributed by atoms with E-state index in [4.69, 9.17) is 9.47 Å². The van der Waals surface area contributed by atoms with Gasteiger partial charge in [-0.15, -0.1) is 0 Å². The summed E-state index contributed by atoms with van der Waals surface area (Å²) in [5, 5.41) is 0.812. The summed E-state index contributed by atoms with van der Waals surface area (Å²) in [6.45, 7) is 0.823. The molecule has 110 valence electrons. The van der Waals surface area contributed by atoms with Crippen molar-refractivity contribution in [3.8, 4) is 5.75 Å². The van der Waals surface area contributed by atoms with Crippen molar-refractivity contribution in [2.24, 2.45) is 0 Å². The van der Waals surface area contributed by atoms with Crippen molar-refractivity contribution in [1.82, 2.24) is 0 Å². The molecule has 0 unspecified atom stereocenters. The Kier molecular flexibility index (Phi) is 6.28. The maximum Gasteiger partial charge on any atom is 0.341 e. The quantitative estimate of drug-likeness (QED) is 0.427. The number of hydrogen-bond donors (Lipinski definition) is 0. The summed E-state index contributed by atoms with van der Waals surface area (Å²) >= 11 is 3.30. The molecule has 0 fully saturated rings. The number of carbonyl (C=O) groups is 1. The molecule has 0 aliphatic heterocycles. The van der Waals surface area contributed by atoms with E-state index in [1.807, 2.05) is 36.4 Å². The molecule has 0 spiro atoms. The molecule has 2 aromatic rings. The fourth-order valence-electron chi connectivity index (χ4n) is 1.79. The standard InChI is InChI=1S/C17H17BrO3/c18-11-6-12-20-17(19)15-9-4-5-10-16(15)21-13-14-7-2-1-3-8-14/h1-5,7-10H,6,11-13H2. The number of ether oxygens (including phenoxy) is 2. The van der Waals surface area contributed by atoms with E-state index in [0.717, 1.165) is 17.3 Å². The molecule has 0 radical (unpaired) electrons. The Morgan fingerprint density at radius 2 is 1.71 bits per heavy atom. The molecule has 0 aromatic heterocycles. The van der Waals surface area contributed by atoms with Crippen molar-refractivity contribution in [1.29, 1.82) is 0 Å². The van der Waals surface area contributed by atoms with E-state index in [1.165, 1.54) is 0 Å². The summed E-state index contributed by atoms with van der Waals surface area (Å²) in [5.41, 5.74) is 1.52. The van der Waals surface area contributed by atoms with Crippen LogP contribution in [-0.2, 0) is 11.3 Å². The zero-order valence-corrected chi connectivity index (χ0v) is 13.2. The molecule has 0 aliphatic carbocycles. The molecule has 3 nitrogen and oxygen atoms in total. The lowest BCUT2D eigenvalue weighted by molar-refractivity contribution is 0.0501. The van der Waals surface area contributed by atoms with Gasteiger partial charge >= 0.3 is 5.97 Å². The lowest BCUT2D eigenvalue weighted by Crippen LogP contribution is -2.09. The minimum absolute atomic E-state index is 0.348. The van der Waals surface area contributed by atoms with E-state index in [9.17, 15) is 4.79 Å². The van der Waals surface area contributed by atoms with Crippen LogP contribution in [0.25, 0.3) is 0 Å². The van der Waals surface area contributed by atoms with E-state index in [2.05, 4.69) is 15.9 Å². The van der Waals surface area contributed by atoms with Gasteiger partial charge in [-0.3, -0.25) is 0 Å². The summed E-state index contributed by atoms with van der Waals surface area (Å²) in [6, 6.07) is 17.0. The second-order valence-electron chi connectivity index (χ2n) is 4.45. The monoisotopic (exact) mass is 348 g/mol. The molecule has 21 heavy (non-hydrogen) atoms. The van der Waals surface area contributed by atoms with Crippen LogP contribution in [0.1, 0.15) is 22.3 Å². The third-order valence-corrected chi connectivity index (χ3v) is 3.42. The van der Waals surface area contributed by atoms with Gasteiger partial charge in [-0.05, 0) is 24.1 Å². The molecule has 0 bridgehead atoms. The van der Waals surface area contributed by atoms with Crippen LogP contribution in [0.15, 0.2) is 54.6 Å². The Morgan fingerprint density at radius 1 is 1.00 bits per heavy atom. The zero-order chi connectivity index (χ0) is 14.9. The summed E-state index contributed by atoms with van der Waals surface area (Å²) in [7, 11) is 0. The molecule has 0 atom stereocenters. The molecule has 4 heteroatoms. The molecule has 2 aromatic carbocycles. The predicted molar refractivity (Wildman–Crippen MR) is 85.9 cm³/mol. The number of esters is 1. The number of para-hydroxylation sites is 1. The minimum atomic E-state index is -0.348. The van der Waals surface area contributed by atoms with Gasteiger partial charge in [0.05, 0.1) is 6.61 Å². The van der Waals surface area contributed by atoms with Crippen LogP contribution in [0.3, 0.4) is 0 Å². The minimum Gasteiger partial charge on any atom is -0.488 e. The number of hydrogen-bond acceptors (Lipinski definition) is 3. The van der Waals surface area contributed by atoms with Crippen LogP contribution in [0, 0.1) is 0 Å². The first-order chi connectivity index (χ1) is 10.3. The lowest BCUT2D eigenvalue weighted by Gasteiger charge is -2.11. The first-order valence-corrected chi connectivity index (χ1v) is 7.92. The van der Waals surface area contributed by atoms with E-state index < -0.39 is 0 Å². The fourth-order valence-corrected chi connectivity index (χ4v) is 2.02. The summed E-state index contributed by atoms with van der Waals surface area (Å²) in [5.74, 6) is 0.199. The van der Waals surface area contributed by atoms with Crippen molar-refractivity contribution < 1.29 is 14.3 Å². The summed E-state index contributed by atoms with van der Waals surface area (Å²) in [6.07, 6.45) is 0.790. The first kappa shape index (κ1) is 15.6. The third-order valence-electron chi connectivity index (χ3n) is 2.86. The Hall–Kier alpha value is -1.81. The number of carbonyl (C=O) groups excluding carboxylic acids is 1. The summed E-state index contributed by atoms with van der Waals surface area (Å²) < 4.78 is 11.0. The van der Waals surface area contributed by atoms with Gasteiger partial charge in [0, 0.05) is 5.33 Å². The Bertz CT molecular complexity index is 569. The molecular formula is C17H17BrO3. The van der Waals surface area contributed by atoms with Gasteiger partial charge in [0.15, 0.2) is 0 Å². The van der Waals surface area contributed by atoms with Gasteiger partial charge in [0.1, 0.15) is 17.9 Å². The van der Waals surface area contributed by atoms with Crippen molar-refractivity contribution in [3.05, 3.63) is 65.7 Å². The van der Waals surface area contributed by atoms with Gasteiger partial charge in [-0.1, -0.05) is 58.4 Å². The molecule has 2 rings (SSSR count). The molecule has 0 heterocycles. The van der Waals surface area contributed by atoms with Crippen molar-refractivity contribution in [2.75, 3.05) is 11.9 Å². The molecular weight excluding hydrogens is 332 g/mol. The van der Waals surface area contributed by atoms with Crippen molar-refractivity contribution >= 4 is 21.9 Å². The van der Waals surface area contributed by atoms with Crippen LogP contribution in [0.2, 0.25) is 0 Å². The van der Waals surface area contributed by atoms with Gasteiger partial charge in [-0.2, -0.15) is 0 Å². The van der Waals surface area contributed by atoms with Gasteiger partial charge in [0.2, 0.25) is 0 Å². The molecule has 0 amide bonds. The van der Waals surface area contributed by atoms with Crippen molar-refractivity contribution in [2.45, 2.75) is 13.0 Å². The van der Waals surface area contributed by atoms with Crippen LogP contribution >= 0.6 is 15.9 Å². The molecule has 0 saturated carbocycles. The number of rotatable bonds is 7. The maximum atomic E-state index is 12.0. The Morgan fingerprint density at radius 3 is 2.48 bits per heavy atom. The highest BCUT2D eigenvalue weighted by atomic mass is 79.9. The SMILES string of the molecule is O=C(OCCCBr)c1ccccc1OCc1ccccc1. The number of halogens is 1. The fraction of sp³-hybridized carbons (Fsp3) is 0.235. The Balaban J connectivity index is 2.01. The van der Waals surface area contributed by atoms with Crippen LogP contribution in [0.5, 0.6) is 5.75 Å². The number of benzene rings is 2. The third kappa shape index (κ3) is 4.90. The highest BCUT2D eigenvalue weighted by Gasteiger charge is 2.13.